The summed E-state index contributed by atoms with van der Waals surface area (Å²) in [7, 11) is 0. The lowest BCUT2D eigenvalue weighted by Gasteiger charge is -2.22. The van der Waals surface area contributed by atoms with Crippen LogP contribution in [0.25, 0.3) is 0 Å². The summed E-state index contributed by atoms with van der Waals surface area (Å²) in [6.07, 6.45) is 3.09. The van der Waals surface area contributed by atoms with Crippen LogP contribution in [0, 0.1) is 0 Å². The van der Waals surface area contributed by atoms with E-state index in [1.165, 1.54) is 11.0 Å². The quantitative estimate of drug-likeness (QED) is 0.650. The molecule has 1 aliphatic rings. The highest BCUT2D eigenvalue weighted by Gasteiger charge is 2.31. The van der Waals surface area contributed by atoms with Gasteiger partial charge in [0.15, 0.2) is 0 Å². The molecule has 0 spiro atoms. The zero-order valence-corrected chi connectivity index (χ0v) is 7.40. The number of likely N-dealkylation sites (tertiary alicyclic amines) is 1. The largest absolute Gasteiger partial charge is 0.480 e. The minimum atomic E-state index is -0.949. The van der Waals surface area contributed by atoms with Crippen molar-refractivity contribution in [1.29, 1.82) is 0 Å². The number of rotatable bonds is 4. The second-order valence-corrected chi connectivity index (χ2v) is 3.07. The molecule has 0 bridgehead atoms. The molecule has 1 rings (SSSR count). The van der Waals surface area contributed by atoms with Gasteiger partial charge in [-0.2, -0.15) is 0 Å². The maximum Gasteiger partial charge on any atom is 0.326 e. The Labute approximate surface area is 76.8 Å². The lowest BCUT2D eigenvalue weighted by molar-refractivity contribution is -0.148. The first-order chi connectivity index (χ1) is 6.16. The van der Waals surface area contributed by atoms with Gasteiger partial charge in [-0.15, -0.1) is 6.58 Å². The molecule has 0 aromatic rings. The number of aliphatic carboxylic acids is 1. The van der Waals surface area contributed by atoms with Gasteiger partial charge >= 0.3 is 5.97 Å². The summed E-state index contributed by atoms with van der Waals surface area (Å²) in [6.45, 7) is 4.04. The van der Waals surface area contributed by atoms with Crippen molar-refractivity contribution in [3.05, 3.63) is 12.7 Å². The highest BCUT2D eigenvalue weighted by Crippen LogP contribution is 2.16. The standard InChI is InChI=1S/C9H13NO3/c1-2-4-7(9(12)13)10-6-3-5-8(10)11/h2,7H,1,3-6H2,(H,12,13). The molecule has 4 nitrogen and oxygen atoms in total. The van der Waals surface area contributed by atoms with E-state index in [-0.39, 0.29) is 5.91 Å². The fraction of sp³-hybridized carbons (Fsp3) is 0.556. The molecular formula is C9H13NO3. The van der Waals surface area contributed by atoms with Crippen molar-refractivity contribution in [2.24, 2.45) is 0 Å². The summed E-state index contributed by atoms with van der Waals surface area (Å²) in [5.41, 5.74) is 0. The van der Waals surface area contributed by atoms with E-state index < -0.39 is 12.0 Å². The van der Waals surface area contributed by atoms with Crippen molar-refractivity contribution < 1.29 is 14.7 Å². The molecule has 1 amide bonds. The lowest BCUT2D eigenvalue weighted by Crippen LogP contribution is -2.41. The van der Waals surface area contributed by atoms with Crippen molar-refractivity contribution in [3.8, 4) is 0 Å². The minimum Gasteiger partial charge on any atom is -0.480 e. The van der Waals surface area contributed by atoms with Gasteiger partial charge in [-0.3, -0.25) is 4.79 Å². The Morgan fingerprint density at radius 1 is 1.77 bits per heavy atom. The molecule has 1 fully saturated rings. The van der Waals surface area contributed by atoms with Crippen molar-refractivity contribution in [1.82, 2.24) is 4.90 Å². The topological polar surface area (TPSA) is 57.6 Å². The third-order valence-electron chi connectivity index (χ3n) is 2.16. The zero-order chi connectivity index (χ0) is 9.84. The Kier molecular flexibility index (Phi) is 3.06. The number of carbonyl (C=O) groups is 2. The molecule has 1 saturated heterocycles. The normalized spacial score (nSPS) is 18.8. The van der Waals surface area contributed by atoms with E-state index in [0.717, 1.165) is 6.42 Å². The van der Waals surface area contributed by atoms with Crippen LogP contribution in [0.15, 0.2) is 12.7 Å². The molecule has 1 aliphatic heterocycles. The molecule has 0 aliphatic carbocycles. The van der Waals surface area contributed by atoms with Crippen LogP contribution >= 0.6 is 0 Å². The number of amides is 1. The summed E-state index contributed by atoms with van der Waals surface area (Å²) in [5.74, 6) is -1.01. The van der Waals surface area contributed by atoms with Gasteiger partial charge < -0.3 is 10.0 Å². The summed E-state index contributed by atoms with van der Waals surface area (Å²) in [5, 5.41) is 8.84. The Hall–Kier alpha value is -1.32. The minimum absolute atomic E-state index is 0.0609. The van der Waals surface area contributed by atoms with Gasteiger partial charge in [0.1, 0.15) is 6.04 Å². The number of hydrogen-bond acceptors (Lipinski definition) is 2. The smallest absolute Gasteiger partial charge is 0.326 e. The van der Waals surface area contributed by atoms with Gasteiger partial charge in [-0.05, 0) is 12.8 Å². The number of hydrogen-bond donors (Lipinski definition) is 1. The van der Waals surface area contributed by atoms with Gasteiger partial charge in [0.05, 0.1) is 0 Å². The van der Waals surface area contributed by atoms with Crippen LogP contribution in [0.4, 0.5) is 0 Å². The summed E-state index contributed by atoms with van der Waals surface area (Å²) in [6, 6.07) is -0.715. The first-order valence-corrected chi connectivity index (χ1v) is 4.30. The maximum atomic E-state index is 11.2. The molecular weight excluding hydrogens is 170 g/mol. The number of carboxylic acid groups (broad SMARTS) is 1. The van der Waals surface area contributed by atoms with Crippen LogP contribution in [0.3, 0.4) is 0 Å². The molecule has 4 heteroatoms. The number of carbonyl (C=O) groups excluding carboxylic acids is 1. The van der Waals surface area contributed by atoms with Crippen LogP contribution in [-0.4, -0.2) is 34.5 Å². The van der Waals surface area contributed by atoms with Crippen molar-refractivity contribution in [2.75, 3.05) is 6.54 Å². The van der Waals surface area contributed by atoms with Crippen LogP contribution < -0.4 is 0 Å². The molecule has 0 aromatic heterocycles. The second-order valence-electron chi connectivity index (χ2n) is 3.07. The number of nitrogens with zero attached hydrogens (tertiary/aromatic N) is 1. The molecule has 13 heavy (non-hydrogen) atoms. The summed E-state index contributed by atoms with van der Waals surface area (Å²) < 4.78 is 0. The number of carboxylic acids is 1. The Bertz CT molecular complexity index is 237. The van der Waals surface area contributed by atoms with Crippen LogP contribution in [0.5, 0.6) is 0 Å². The predicted octanol–water partition coefficient (Wildman–Crippen LogP) is 0.638. The summed E-state index contributed by atoms with van der Waals surface area (Å²) >= 11 is 0. The third-order valence-corrected chi connectivity index (χ3v) is 2.16. The molecule has 0 saturated carbocycles. The van der Waals surface area contributed by atoms with E-state index >= 15 is 0 Å². The van der Waals surface area contributed by atoms with Crippen LogP contribution in [0.2, 0.25) is 0 Å². The fourth-order valence-corrected chi connectivity index (χ4v) is 1.52. The first-order valence-electron chi connectivity index (χ1n) is 4.30. The van der Waals surface area contributed by atoms with Crippen molar-refractivity contribution >= 4 is 11.9 Å². The molecule has 1 atom stereocenters. The van der Waals surface area contributed by atoms with E-state index in [9.17, 15) is 9.59 Å². The zero-order valence-electron chi connectivity index (χ0n) is 7.40. The van der Waals surface area contributed by atoms with Gasteiger partial charge in [0.2, 0.25) is 5.91 Å². The SMILES string of the molecule is C=CCC(C(=O)O)N1CCCC1=O. The average molecular weight is 183 g/mol. The fourth-order valence-electron chi connectivity index (χ4n) is 1.52. The highest BCUT2D eigenvalue weighted by molar-refractivity contribution is 5.85. The molecule has 0 aromatic carbocycles. The van der Waals surface area contributed by atoms with Crippen LogP contribution in [0.1, 0.15) is 19.3 Å². The molecule has 1 N–H and O–H groups in total. The molecule has 1 heterocycles. The van der Waals surface area contributed by atoms with Gasteiger partial charge in [-0.25, -0.2) is 4.79 Å². The van der Waals surface area contributed by atoms with Gasteiger partial charge in [-0.1, -0.05) is 6.08 Å². The van der Waals surface area contributed by atoms with E-state index in [0.29, 0.717) is 19.4 Å². The third kappa shape index (κ3) is 2.08. The van der Waals surface area contributed by atoms with E-state index in [2.05, 4.69) is 6.58 Å². The second kappa shape index (κ2) is 4.07. The average Bonchev–Trinajstić information content (AvgIpc) is 2.47. The van der Waals surface area contributed by atoms with Crippen molar-refractivity contribution in [2.45, 2.75) is 25.3 Å². The highest BCUT2D eigenvalue weighted by atomic mass is 16.4. The first kappa shape index (κ1) is 9.77. The van der Waals surface area contributed by atoms with E-state index in [4.69, 9.17) is 5.11 Å². The Morgan fingerprint density at radius 3 is 2.85 bits per heavy atom. The van der Waals surface area contributed by atoms with E-state index in [1.54, 1.807) is 0 Å². The Balaban J connectivity index is 2.68. The lowest BCUT2D eigenvalue weighted by atomic mass is 10.2. The van der Waals surface area contributed by atoms with E-state index in [1.807, 2.05) is 0 Å². The molecule has 72 valence electrons. The molecule has 1 unspecified atom stereocenters. The molecule has 0 radical (unpaired) electrons. The monoisotopic (exact) mass is 183 g/mol. The summed E-state index contributed by atoms with van der Waals surface area (Å²) in [4.78, 5) is 23.4. The van der Waals surface area contributed by atoms with Crippen molar-refractivity contribution in [3.63, 3.8) is 0 Å². The Morgan fingerprint density at radius 2 is 2.46 bits per heavy atom. The van der Waals surface area contributed by atoms with Crippen LogP contribution in [-0.2, 0) is 9.59 Å². The van der Waals surface area contributed by atoms with Gasteiger partial charge in [0.25, 0.3) is 0 Å². The predicted molar refractivity (Wildman–Crippen MR) is 47.2 cm³/mol. The maximum absolute atomic E-state index is 11.2. The van der Waals surface area contributed by atoms with Gasteiger partial charge in [0, 0.05) is 13.0 Å².